The first kappa shape index (κ1) is 18.4. The van der Waals surface area contributed by atoms with E-state index in [4.69, 9.17) is 5.73 Å². The lowest BCUT2D eigenvalue weighted by molar-refractivity contribution is -0.132. The summed E-state index contributed by atoms with van der Waals surface area (Å²) in [5, 5.41) is 9.17. The fraction of sp³-hybridized carbons (Fsp3) is 0.444. The summed E-state index contributed by atoms with van der Waals surface area (Å²) < 4.78 is 1.90. The zero-order chi connectivity index (χ0) is 18.7. The number of carbonyl (C=O) groups excluding carboxylic acids is 2. The molecule has 26 heavy (non-hydrogen) atoms. The topological polar surface area (TPSA) is 94.1 Å². The van der Waals surface area contributed by atoms with E-state index in [2.05, 4.69) is 10.2 Å². The molecule has 0 atom stereocenters. The molecule has 2 N–H and O–H groups in total. The number of aryl methyl sites for hydroxylation is 1. The Balaban J connectivity index is 1.58. The molecule has 1 aliphatic rings. The maximum absolute atomic E-state index is 12.4. The number of likely N-dealkylation sites (tertiary alicyclic amines) is 1. The molecular formula is C18H23N5O2S. The van der Waals surface area contributed by atoms with E-state index in [0.717, 1.165) is 11.4 Å². The largest absolute Gasteiger partial charge is 0.369 e. The van der Waals surface area contributed by atoms with Gasteiger partial charge in [0.05, 0.1) is 5.75 Å². The van der Waals surface area contributed by atoms with Crippen molar-refractivity contribution in [2.45, 2.75) is 24.9 Å². The average molecular weight is 373 g/mol. The van der Waals surface area contributed by atoms with Crippen LogP contribution in [0.15, 0.2) is 29.4 Å². The number of aromatic nitrogens is 3. The summed E-state index contributed by atoms with van der Waals surface area (Å²) in [6, 6.07) is 8.11. The van der Waals surface area contributed by atoms with Crippen molar-refractivity contribution in [3.63, 3.8) is 0 Å². The number of piperidine rings is 1. The number of nitrogens with zero attached hydrogens (tertiary/aromatic N) is 4. The molecule has 1 aliphatic heterocycles. The van der Waals surface area contributed by atoms with Gasteiger partial charge in [0.1, 0.15) is 0 Å². The van der Waals surface area contributed by atoms with Gasteiger partial charge in [0.25, 0.3) is 0 Å². The van der Waals surface area contributed by atoms with Crippen molar-refractivity contribution in [2.24, 2.45) is 18.7 Å². The van der Waals surface area contributed by atoms with Gasteiger partial charge >= 0.3 is 0 Å². The molecule has 1 saturated heterocycles. The number of amides is 2. The molecule has 0 radical (unpaired) electrons. The van der Waals surface area contributed by atoms with E-state index in [-0.39, 0.29) is 17.7 Å². The van der Waals surface area contributed by atoms with Crippen LogP contribution >= 0.6 is 11.8 Å². The summed E-state index contributed by atoms with van der Waals surface area (Å²) in [7, 11) is 1.90. The van der Waals surface area contributed by atoms with Gasteiger partial charge in [-0.2, -0.15) is 0 Å². The predicted molar refractivity (Wildman–Crippen MR) is 100 cm³/mol. The molecule has 0 aliphatic carbocycles. The van der Waals surface area contributed by atoms with Crippen molar-refractivity contribution in [1.82, 2.24) is 19.7 Å². The van der Waals surface area contributed by atoms with E-state index < -0.39 is 0 Å². The maximum atomic E-state index is 12.4. The maximum Gasteiger partial charge on any atom is 0.233 e. The summed E-state index contributed by atoms with van der Waals surface area (Å²) in [5.41, 5.74) is 7.52. The monoisotopic (exact) mass is 373 g/mol. The van der Waals surface area contributed by atoms with Crippen molar-refractivity contribution in [2.75, 3.05) is 18.8 Å². The van der Waals surface area contributed by atoms with Crippen molar-refractivity contribution in [1.29, 1.82) is 0 Å². The van der Waals surface area contributed by atoms with Crippen molar-refractivity contribution in [3.05, 3.63) is 29.8 Å². The van der Waals surface area contributed by atoms with Crippen LogP contribution < -0.4 is 5.73 Å². The third-order valence-corrected chi connectivity index (χ3v) is 5.72. The Morgan fingerprint density at radius 1 is 1.19 bits per heavy atom. The van der Waals surface area contributed by atoms with Gasteiger partial charge in [-0.1, -0.05) is 41.6 Å². The number of hydrogen-bond acceptors (Lipinski definition) is 5. The molecular weight excluding hydrogens is 350 g/mol. The zero-order valence-corrected chi connectivity index (χ0v) is 15.8. The lowest BCUT2D eigenvalue weighted by atomic mass is 9.96. The van der Waals surface area contributed by atoms with Gasteiger partial charge in [0, 0.05) is 31.6 Å². The van der Waals surface area contributed by atoms with Crippen LogP contribution in [0.5, 0.6) is 0 Å². The number of primary amides is 1. The molecule has 1 fully saturated rings. The van der Waals surface area contributed by atoms with Crippen LogP contribution in [0, 0.1) is 12.8 Å². The Kier molecular flexibility index (Phi) is 5.61. The minimum absolute atomic E-state index is 0.0535. The molecule has 2 amide bonds. The number of hydrogen-bond donors (Lipinski definition) is 1. The van der Waals surface area contributed by atoms with Crippen LogP contribution in [0.2, 0.25) is 0 Å². The molecule has 2 aromatic rings. The quantitative estimate of drug-likeness (QED) is 0.804. The van der Waals surface area contributed by atoms with E-state index in [1.54, 1.807) is 4.90 Å². The zero-order valence-electron chi connectivity index (χ0n) is 15.0. The highest BCUT2D eigenvalue weighted by Gasteiger charge is 2.26. The number of rotatable bonds is 5. The molecule has 7 nitrogen and oxygen atoms in total. The highest BCUT2D eigenvalue weighted by molar-refractivity contribution is 7.99. The van der Waals surface area contributed by atoms with Gasteiger partial charge in [0.2, 0.25) is 11.8 Å². The number of carbonyl (C=O) groups is 2. The van der Waals surface area contributed by atoms with E-state index in [9.17, 15) is 9.59 Å². The smallest absolute Gasteiger partial charge is 0.233 e. The molecule has 8 heteroatoms. The Bertz CT molecular complexity index is 794. The Morgan fingerprint density at radius 2 is 1.85 bits per heavy atom. The van der Waals surface area contributed by atoms with Crippen LogP contribution in [0.25, 0.3) is 11.4 Å². The SMILES string of the molecule is Cc1ccc(-c2nnc(SCC(=O)N3CCC(C(N)=O)CC3)n2C)cc1. The lowest BCUT2D eigenvalue weighted by Crippen LogP contribution is -2.42. The third-order valence-electron chi connectivity index (χ3n) is 4.72. The van der Waals surface area contributed by atoms with Crippen molar-refractivity contribution >= 4 is 23.6 Å². The first-order valence-corrected chi connectivity index (χ1v) is 9.60. The Morgan fingerprint density at radius 3 is 2.46 bits per heavy atom. The summed E-state index contributed by atoms with van der Waals surface area (Å²) >= 11 is 1.38. The van der Waals surface area contributed by atoms with Crippen LogP contribution in [-0.2, 0) is 16.6 Å². The number of nitrogens with two attached hydrogens (primary N) is 1. The number of benzene rings is 1. The molecule has 1 aromatic heterocycles. The van der Waals surface area contributed by atoms with E-state index in [0.29, 0.717) is 36.8 Å². The molecule has 0 unspecified atom stereocenters. The van der Waals surface area contributed by atoms with Crippen LogP contribution in [0.3, 0.4) is 0 Å². The number of thioether (sulfide) groups is 1. The fourth-order valence-electron chi connectivity index (χ4n) is 3.03. The van der Waals surface area contributed by atoms with E-state index in [1.165, 1.54) is 17.3 Å². The lowest BCUT2D eigenvalue weighted by Gasteiger charge is -2.30. The minimum atomic E-state index is -0.269. The third kappa shape index (κ3) is 4.07. The second kappa shape index (κ2) is 7.90. The van der Waals surface area contributed by atoms with Gasteiger partial charge in [-0.25, -0.2) is 0 Å². The van der Waals surface area contributed by atoms with Gasteiger partial charge < -0.3 is 15.2 Å². The highest BCUT2D eigenvalue weighted by Crippen LogP contribution is 2.24. The van der Waals surface area contributed by atoms with Crippen molar-refractivity contribution in [3.8, 4) is 11.4 Å². The van der Waals surface area contributed by atoms with Gasteiger partial charge in [-0.05, 0) is 19.8 Å². The van der Waals surface area contributed by atoms with Gasteiger partial charge in [-0.3, -0.25) is 9.59 Å². The normalized spacial score (nSPS) is 15.2. The molecule has 138 valence electrons. The van der Waals surface area contributed by atoms with Crippen LogP contribution in [-0.4, -0.2) is 50.3 Å². The molecule has 0 spiro atoms. The minimum Gasteiger partial charge on any atom is -0.369 e. The van der Waals surface area contributed by atoms with Crippen molar-refractivity contribution < 1.29 is 9.59 Å². The molecule has 0 bridgehead atoms. The summed E-state index contributed by atoms with van der Waals surface area (Å²) in [4.78, 5) is 25.4. The Labute approximate surface area is 157 Å². The molecule has 1 aromatic carbocycles. The van der Waals surface area contributed by atoms with E-state index in [1.807, 2.05) is 42.8 Å². The second-order valence-corrected chi connectivity index (χ2v) is 7.52. The highest BCUT2D eigenvalue weighted by atomic mass is 32.2. The molecule has 0 saturated carbocycles. The second-order valence-electron chi connectivity index (χ2n) is 6.58. The standard InChI is InChI=1S/C18H23N5O2S/c1-12-3-5-14(6-4-12)17-20-21-18(22(17)2)26-11-15(24)23-9-7-13(8-10-23)16(19)25/h3-6,13H,7-11H2,1-2H3,(H2,19,25). The van der Waals surface area contributed by atoms with Crippen LogP contribution in [0.4, 0.5) is 0 Å². The fourth-order valence-corrected chi connectivity index (χ4v) is 3.84. The average Bonchev–Trinajstić information content (AvgIpc) is 3.01. The first-order valence-electron chi connectivity index (χ1n) is 8.62. The van der Waals surface area contributed by atoms with Gasteiger partial charge in [0.15, 0.2) is 11.0 Å². The summed E-state index contributed by atoms with van der Waals surface area (Å²) in [5.74, 6) is 0.762. The first-order chi connectivity index (χ1) is 12.5. The van der Waals surface area contributed by atoms with Crippen LogP contribution in [0.1, 0.15) is 18.4 Å². The van der Waals surface area contributed by atoms with E-state index >= 15 is 0 Å². The molecule has 2 heterocycles. The summed E-state index contributed by atoms with van der Waals surface area (Å²) in [6.45, 7) is 3.21. The van der Waals surface area contributed by atoms with Gasteiger partial charge in [-0.15, -0.1) is 10.2 Å². The predicted octanol–water partition coefficient (Wildman–Crippen LogP) is 1.61. The summed E-state index contributed by atoms with van der Waals surface area (Å²) in [6.07, 6.45) is 1.29. The molecule has 3 rings (SSSR count). The Hall–Kier alpha value is -2.35.